The predicted octanol–water partition coefficient (Wildman–Crippen LogP) is 1.35. The Labute approximate surface area is 49.4 Å². The van der Waals surface area contributed by atoms with Crippen LogP contribution in [0.3, 0.4) is 0 Å². The topological polar surface area (TPSA) is 12.0 Å². The summed E-state index contributed by atoms with van der Waals surface area (Å²) in [5.41, 5.74) is 0.0537. The quantitative estimate of drug-likeness (QED) is 0.336. The fourth-order valence-electron chi connectivity index (χ4n) is 0.246. The lowest BCUT2D eigenvalue weighted by Crippen LogP contribution is -2.19. The lowest BCUT2D eigenvalue weighted by Gasteiger charge is -1.99. The first kappa shape index (κ1) is 6.99. The Hall–Kier alpha value is -0.0100. The van der Waals surface area contributed by atoms with Crippen molar-refractivity contribution in [1.29, 1.82) is 0 Å². The second-order valence-corrected chi connectivity index (χ2v) is 1.97. The summed E-state index contributed by atoms with van der Waals surface area (Å²) in [4.78, 5) is 0. The molecule has 0 saturated heterocycles. The zero-order valence-corrected chi connectivity index (χ0v) is 5.20. The molecular weight excluding hydrogens is 110 g/mol. The van der Waals surface area contributed by atoms with Gasteiger partial charge in [-0.25, -0.2) is 0 Å². The van der Waals surface area contributed by atoms with E-state index in [1.165, 1.54) is 0 Å². The van der Waals surface area contributed by atoms with Crippen molar-refractivity contribution in [1.82, 2.24) is 5.32 Å². The van der Waals surface area contributed by atoms with Gasteiger partial charge in [0.1, 0.15) is 0 Å². The van der Waals surface area contributed by atoms with Gasteiger partial charge in [0.2, 0.25) is 0 Å². The number of halogens is 1. The Morgan fingerprint density at radius 3 is 2.71 bits per heavy atom. The molecule has 1 nitrogen and oxygen atoms in total. The van der Waals surface area contributed by atoms with Gasteiger partial charge in [-0.2, -0.15) is 0 Å². The molecule has 0 bridgehead atoms. The molecule has 0 radical (unpaired) electrons. The maximum atomic E-state index is 5.50. The number of hydrogen-bond donors (Lipinski definition) is 1. The first-order chi connectivity index (χ1) is 3.27. The molecule has 0 spiro atoms. The van der Waals surface area contributed by atoms with Gasteiger partial charge in [0.25, 0.3) is 0 Å². The van der Waals surface area contributed by atoms with Crippen LogP contribution in [-0.2, 0) is 0 Å². The molecule has 42 valence electrons. The smallest absolute Gasteiger partial charge is 0.0799 e. The van der Waals surface area contributed by atoms with E-state index < -0.39 is 0 Å². The predicted molar refractivity (Wildman–Crippen MR) is 33.5 cm³/mol. The minimum atomic E-state index is 0.0537. The molecule has 0 aliphatic heterocycles. The van der Waals surface area contributed by atoms with Gasteiger partial charge in [-0.05, 0) is 6.92 Å². The highest BCUT2D eigenvalue weighted by molar-refractivity contribution is 6.20. The van der Waals surface area contributed by atoms with Gasteiger partial charge in [-0.1, -0.05) is 6.08 Å². The van der Waals surface area contributed by atoms with E-state index in [0.717, 1.165) is 6.54 Å². The van der Waals surface area contributed by atoms with Crippen LogP contribution in [-0.4, -0.2) is 12.0 Å². The Kier molecular flexibility index (Phi) is 4.15. The van der Waals surface area contributed by atoms with Crippen LogP contribution in [0, 0.1) is 0 Å². The number of nitrogens with one attached hydrogen (secondary N) is 1. The minimum Gasteiger partial charge on any atom is -0.298 e. The van der Waals surface area contributed by atoms with Crippen LogP contribution in [0.1, 0.15) is 6.92 Å². The molecular formula is C5H10ClN. The van der Waals surface area contributed by atoms with Gasteiger partial charge in [-0.3, -0.25) is 5.32 Å². The second kappa shape index (κ2) is 4.16. The van der Waals surface area contributed by atoms with Gasteiger partial charge in [0.15, 0.2) is 0 Å². The van der Waals surface area contributed by atoms with Crippen LogP contribution in [0.25, 0.3) is 0 Å². The zero-order chi connectivity index (χ0) is 5.70. The molecule has 0 aliphatic rings. The molecule has 7 heavy (non-hydrogen) atoms. The van der Waals surface area contributed by atoms with E-state index >= 15 is 0 Å². The van der Waals surface area contributed by atoms with Crippen molar-refractivity contribution in [2.75, 3.05) is 6.54 Å². The van der Waals surface area contributed by atoms with Crippen LogP contribution in [0.15, 0.2) is 12.7 Å². The molecule has 0 heterocycles. The van der Waals surface area contributed by atoms with Crippen molar-refractivity contribution >= 4 is 11.6 Å². The van der Waals surface area contributed by atoms with Crippen molar-refractivity contribution in [2.45, 2.75) is 12.4 Å². The second-order valence-electron chi connectivity index (χ2n) is 1.31. The molecule has 0 rings (SSSR count). The normalized spacial score (nSPS) is 13.4. The van der Waals surface area contributed by atoms with E-state index in [0.29, 0.717) is 0 Å². The molecule has 0 aromatic heterocycles. The average Bonchev–Trinajstić information content (AvgIpc) is 1.61. The van der Waals surface area contributed by atoms with E-state index in [-0.39, 0.29) is 5.50 Å². The summed E-state index contributed by atoms with van der Waals surface area (Å²) in [5, 5.41) is 2.94. The number of rotatable bonds is 3. The van der Waals surface area contributed by atoms with Crippen molar-refractivity contribution in [3.63, 3.8) is 0 Å². The third kappa shape index (κ3) is 5.99. The highest BCUT2D eigenvalue weighted by Crippen LogP contribution is 1.83. The molecule has 1 unspecified atom stereocenters. The van der Waals surface area contributed by atoms with Gasteiger partial charge >= 0.3 is 0 Å². The summed E-state index contributed by atoms with van der Waals surface area (Å²) in [6, 6.07) is 0. The molecule has 1 atom stereocenters. The molecule has 0 saturated carbocycles. The largest absolute Gasteiger partial charge is 0.298 e. The Morgan fingerprint density at radius 1 is 2.00 bits per heavy atom. The van der Waals surface area contributed by atoms with E-state index in [1.807, 2.05) is 6.92 Å². The minimum absolute atomic E-state index is 0.0537. The van der Waals surface area contributed by atoms with Crippen LogP contribution < -0.4 is 5.32 Å². The first-order valence-electron chi connectivity index (χ1n) is 2.25. The molecule has 0 amide bonds. The van der Waals surface area contributed by atoms with Crippen molar-refractivity contribution in [3.05, 3.63) is 12.7 Å². The van der Waals surface area contributed by atoms with Crippen LogP contribution in [0.5, 0.6) is 0 Å². The SMILES string of the molecule is C=CCNC(C)Cl. The summed E-state index contributed by atoms with van der Waals surface area (Å²) in [7, 11) is 0. The standard InChI is InChI=1S/C5H10ClN/c1-3-4-7-5(2)6/h3,5,7H,1,4H2,2H3. The highest BCUT2D eigenvalue weighted by atomic mass is 35.5. The van der Waals surface area contributed by atoms with Crippen LogP contribution in [0.2, 0.25) is 0 Å². The monoisotopic (exact) mass is 119 g/mol. The molecule has 1 N–H and O–H groups in total. The fourth-order valence-corrected chi connectivity index (χ4v) is 0.335. The maximum Gasteiger partial charge on any atom is 0.0799 e. The van der Waals surface area contributed by atoms with Crippen molar-refractivity contribution in [3.8, 4) is 0 Å². The number of hydrogen-bond acceptors (Lipinski definition) is 1. The third-order valence-corrected chi connectivity index (χ3v) is 0.698. The summed E-state index contributed by atoms with van der Waals surface area (Å²) < 4.78 is 0. The fraction of sp³-hybridized carbons (Fsp3) is 0.600. The Bertz CT molecular complexity index is 52.0. The summed E-state index contributed by atoms with van der Waals surface area (Å²) >= 11 is 5.50. The first-order valence-corrected chi connectivity index (χ1v) is 2.69. The Morgan fingerprint density at radius 2 is 2.57 bits per heavy atom. The molecule has 2 heteroatoms. The van der Waals surface area contributed by atoms with Gasteiger partial charge in [-0.15, -0.1) is 18.2 Å². The molecule has 0 aromatic rings. The summed E-state index contributed by atoms with van der Waals surface area (Å²) in [6.45, 7) is 6.17. The van der Waals surface area contributed by atoms with E-state index in [9.17, 15) is 0 Å². The number of alkyl halides is 1. The van der Waals surface area contributed by atoms with E-state index in [2.05, 4.69) is 11.9 Å². The van der Waals surface area contributed by atoms with E-state index in [1.54, 1.807) is 6.08 Å². The molecule has 0 aromatic carbocycles. The molecule has 0 fully saturated rings. The molecule has 0 aliphatic carbocycles. The third-order valence-electron chi connectivity index (χ3n) is 0.543. The maximum absolute atomic E-state index is 5.50. The lowest BCUT2D eigenvalue weighted by atomic mass is 10.6. The highest BCUT2D eigenvalue weighted by Gasteiger charge is 1.86. The van der Waals surface area contributed by atoms with Gasteiger partial charge in [0, 0.05) is 6.54 Å². The lowest BCUT2D eigenvalue weighted by molar-refractivity contribution is 0.743. The van der Waals surface area contributed by atoms with Crippen LogP contribution in [0.4, 0.5) is 0 Å². The summed E-state index contributed by atoms with van der Waals surface area (Å²) in [6.07, 6.45) is 1.78. The zero-order valence-electron chi connectivity index (χ0n) is 4.45. The van der Waals surface area contributed by atoms with Crippen molar-refractivity contribution < 1.29 is 0 Å². The Balaban J connectivity index is 2.81. The van der Waals surface area contributed by atoms with Crippen LogP contribution >= 0.6 is 11.6 Å². The van der Waals surface area contributed by atoms with E-state index in [4.69, 9.17) is 11.6 Å². The van der Waals surface area contributed by atoms with Gasteiger partial charge in [0.05, 0.1) is 5.50 Å². The average molecular weight is 120 g/mol. The van der Waals surface area contributed by atoms with Gasteiger partial charge < -0.3 is 0 Å². The van der Waals surface area contributed by atoms with Crippen molar-refractivity contribution in [2.24, 2.45) is 0 Å². The summed E-state index contributed by atoms with van der Waals surface area (Å²) in [5.74, 6) is 0.